The van der Waals surface area contributed by atoms with E-state index in [4.69, 9.17) is 17.3 Å². The van der Waals surface area contributed by atoms with Crippen molar-refractivity contribution >= 4 is 11.6 Å². The topological polar surface area (TPSA) is 43.8 Å². The van der Waals surface area contributed by atoms with E-state index in [0.29, 0.717) is 5.02 Å². The molecular weight excluding hydrogens is 289 g/mol. The third-order valence-electron chi connectivity index (χ3n) is 3.94. The maximum Gasteiger partial charge on any atom is 0.123 e. The Hall–Kier alpha value is -1.39. The van der Waals surface area contributed by atoms with Crippen molar-refractivity contribution < 1.29 is 4.39 Å². The van der Waals surface area contributed by atoms with E-state index < -0.39 is 5.41 Å². The van der Waals surface area contributed by atoms with Crippen molar-refractivity contribution in [2.75, 3.05) is 0 Å². The molecule has 3 nitrogen and oxygen atoms in total. The first kappa shape index (κ1) is 16.0. The zero-order valence-electron chi connectivity index (χ0n) is 12.8. The van der Waals surface area contributed by atoms with Crippen LogP contribution in [0, 0.1) is 5.82 Å². The van der Waals surface area contributed by atoms with E-state index >= 15 is 0 Å². The van der Waals surface area contributed by atoms with Crippen LogP contribution in [-0.4, -0.2) is 9.78 Å². The summed E-state index contributed by atoms with van der Waals surface area (Å²) >= 11 is 6.28. The lowest BCUT2D eigenvalue weighted by Crippen LogP contribution is -2.35. The van der Waals surface area contributed by atoms with Crippen LogP contribution in [0.4, 0.5) is 4.39 Å². The molecule has 0 amide bonds. The molecule has 0 radical (unpaired) electrons. The van der Waals surface area contributed by atoms with Gasteiger partial charge in [-0.3, -0.25) is 4.68 Å². The first-order chi connectivity index (χ1) is 9.75. The molecule has 0 saturated heterocycles. The van der Waals surface area contributed by atoms with Gasteiger partial charge in [0.1, 0.15) is 5.82 Å². The summed E-state index contributed by atoms with van der Waals surface area (Å²) in [6.07, 6.45) is 1.62. The van der Waals surface area contributed by atoms with Crippen LogP contribution in [-0.2, 0) is 5.41 Å². The average molecular weight is 310 g/mol. The van der Waals surface area contributed by atoms with Crippen LogP contribution in [0.15, 0.2) is 30.5 Å². The summed E-state index contributed by atoms with van der Waals surface area (Å²) in [7, 11) is 0. The van der Waals surface area contributed by atoms with Crippen molar-refractivity contribution in [2.24, 2.45) is 5.73 Å². The number of benzene rings is 1. The third-order valence-corrected chi connectivity index (χ3v) is 4.23. The van der Waals surface area contributed by atoms with Gasteiger partial charge in [0.2, 0.25) is 0 Å². The molecule has 114 valence electrons. The van der Waals surface area contributed by atoms with Gasteiger partial charge in [0.05, 0.1) is 23.0 Å². The maximum atomic E-state index is 13.1. The Balaban J connectivity index is 2.45. The van der Waals surface area contributed by atoms with E-state index in [1.54, 1.807) is 18.3 Å². The van der Waals surface area contributed by atoms with Gasteiger partial charge in [0, 0.05) is 11.5 Å². The number of rotatable bonds is 4. The molecule has 0 spiro atoms. The Morgan fingerprint density at radius 3 is 2.33 bits per heavy atom. The molecule has 0 aliphatic carbocycles. The summed E-state index contributed by atoms with van der Waals surface area (Å²) in [6, 6.07) is 6.25. The van der Waals surface area contributed by atoms with Crippen molar-refractivity contribution in [3.05, 3.63) is 52.6 Å². The predicted molar refractivity (Wildman–Crippen MR) is 84.0 cm³/mol. The first-order valence-electron chi connectivity index (χ1n) is 6.99. The zero-order valence-corrected chi connectivity index (χ0v) is 13.5. The smallest absolute Gasteiger partial charge is 0.123 e. The Kier molecular flexibility index (Phi) is 4.40. The Morgan fingerprint density at radius 2 is 1.81 bits per heavy atom. The lowest BCUT2D eigenvalue weighted by Gasteiger charge is -2.33. The molecule has 21 heavy (non-hydrogen) atoms. The van der Waals surface area contributed by atoms with Crippen molar-refractivity contribution in [2.45, 2.75) is 45.2 Å². The third kappa shape index (κ3) is 2.97. The Morgan fingerprint density at radius 1 is 1.24 bits per heavy atom. The van der Waals surface area contributed by atoms with Gasteiger partial charge < -0.3 is 5.73 Å². The molecule has 2 rings (SSSR count). The Bertz CT molecular complexity index is 617. The molecule has 5 heteroatoms. The highest BCUT2D eigenvalue weighted by atomic mass is 35.5. The molecular formula is C16H21ClFN3. The number of nitrogens with zero attached hydrogens (tertiary/aromatic N) is 2. The predicted octanol–water partition coefficient (Wildman–Crippen LogP) is 4.23. The fourth-order valence-corrected chi connectivity index (χ4v) is 2.70. The quantitative estimate of drug-likeness (QED) is 0.918. The first-order valence-corrected chi connectivity index (χ1v) is 7.37. The highest BCUT2D eigenvalue weighted by Gasteiger charge is 2.34. The summed E-state index contributed by atoms with van der Waals surface area (Å²) in [5, 5.41) is 4.86. The second kappa shape index (κ2) is 5.78. The lowest BCUT2D eigenvalue weighted by atomic mass is 9.76. The number of hydrogen-bond acceptors (Lipinski definition) is 2. The molecule has 0 fully saturated rings. The van der Waals surface area contributed by atoms with Gasteiger partial charge >= 0.3 is 0 Å². The molecule has 1 aromatic heterocycles. The summed E-state index contributed by atoms with van der Waals surface area (Å²) in [6.45, 7) is 8.12. The molecule has 2 N–H and O–H groups in total. The zero-order chi connectivity index (χ0) is 15.8. The van der Waals surface area contributed by atoms with Crippen LogP contribution in [0.1, 0.15) is 51.0 Å². The van der Waals surface area contributed by atoms with Crippen LogP contribution < -0.4 is 5.73 Å². The molecule has 0 aliphatic rings. The van der Waals surface area contributed by atoms with Crippen LogP contribution in [0.2, 0.25) is 5.02 Å². The van der Waals surface area contributed by atoms with E-state index in [2.05, 4.69) is 5.10 Å². The highest BCUT2D eigenvalue weighted by molar-refractivity contribution is 6.31. The standard InChI is InChI=1S/C16H21ClFN3/c1-10(2)21-14(13(17)9-20-21)15(19)16(3,4)11-5-7-12(18)8-6-11/h5-10,15H,19H2,1-4H3. The highest BCUT2D eigenvalue weighted by Crippen LogP contribution is 2.38. The summed E-state index contributed by atoms with van der Waals surface area (Å²) in [5.41, 5.74) is 7.86. The van der Waals surface area contributed by atoms with Crippen LogP contribution in [0.3, 0.4) is 0 Å². The fourth-order valence-electron chi connectivity index (χ4n) is 2.45. The van der Waals surface area contributed by atoms with E-state index in [9.17, 15) is 4.39 Å². The summed E-state index contributed by atoms with van der Waals surface area (Å²) in [5.74, 6) is -0.256. The van der Waals surface area contributed by atoms with Crippen molar-refractivity contribution in [3.8, 4) is 0 Å². The second-order valence-corrected chi connectivity index (χ2v) is 6.53. The second-order valence-electron chi connectivity index (χ2n) is 6.12. The van der Waals surface area contributed by atoms with Gasteiger partial charge in [0.15, 0.2) is 0 Å². The number of nitrogens with two attached hydrogens (primary N) is 1. The minimum absolute atomic E-state index is 0.169. The minimum Gasteiger partial charge on any atom is -0.322 e. The normalized spacial score (nSPS) is 13.7. The molecule has 1 heterocycles. The van der Waals surface area contributed by atoms with Gasteiger partial charge in [-0.25, -0.2) is 4.39 Å². The lowest BCUT2D eigenvalue weighted by molar-refractivity contribution is 0.380. The number of hydrogen-bond donors (Lipinski definition) is 1. The molecule has 1 unspecified atom stereocenters. The molecule has 0 aliphatic heterocycles. The van der Waals surface area contributed by atoms with E-state index in [-0.39, 0.29) is 17.9 Å². The van der Waals surface area contributed by atoms with Gasteiger partial charge in [-0.15, -0.1) is 0 Å². The SMILES string of the molecule is CC(C)n1ncc(Cl)c1C(N)C(C)(C)c1ccc(F)cc1. The van der Waals surface area contributed by atoms with Gasteiger partial charge in [0.25, 0.3) is 0 Å². The number of halogens is 2. The van der Waals surface area contributed by atoms with E-state index in [1.807, 2.05) is 32.4 Å². The van der Waals surface area contributed by atoms with E-state index in [0.717, 1.165) is 11.3 Å². The van der Waals surface area contributed by atoms with Gasteiger partial charge in [-0.1, -0.05) is 37.6 Å². The molecule has 0 saturated carbocycles. The summed E-state index contributed by atoms with van der Waals surface area (Å²) in [4.78, 5) is 0. The Labute approximate surface area is 129 Å². The molecule has 1 aromatic carbocycles. The maximum absolute atomic E-state index is 13.1. The molecule has 0 bridgehead atoms. The van der Waals surface area contributed by atoms with Crippen molar-refractivity contribution in [1.29, 1.82) is 0 Å². The number of aromatic nitrogens is 2. The van der Waals surface area contributed by atoms with Crippen LogP contribution in [0.5, 0.6) is 0 Å². The van der Waals surface area contributed by atoms with Gasteiger partial charge in [-0.05, 0) is 31.5 Å². The summed E-state index contributed by atoms with van der Waals surface area (Å²) < 4.78 is 15.0. The monoisotopic (exact) mass is 309 g/mol. The van der Waals surface area contributed by atoms with E-state index in [1.165, 1.54) is 12.1 Å². The minimum atomic E-state index is -0.399. The van der Waals surface area contributed by atoms with Crippen LogP contribution in [0.25, 0.3) is 0 Å². The van der Waals surface area contributed by atoms with Crippen molar-refractivity contribution in [3.63, 3.8) is 0 Å². The fraction of sp³-hybridized carbons (Fsp3) is 0.438. The molecule has 2 aromatic rings. The van der Waals surface area contributed by atoms with Gasteiger partial charge in [-0.2, -0.15) is 5.10 Å². The van der Waals surface area contributed by atoms with Crippen molar-refractivity contribution in [1.82, 2.24) is 9.78 Å². The largest absolute Gasteiger partial charge is 0.322 e. The van der Waals surface area contributed by atoms with Crippen LogP contribution >= 0.6 is 11.6 Å². The molecule has 1 atom stereocenters. The average Bonchev–Trinajstić information content (AvgIpc) is 2.80.